The minimum Gasteiger partial charge on any atom is -0.370 e. The van der Waals surface area contributed by atoms with Gasteiger partial charge in [0.1, 0.15) is 0 Å². The minimum absolute atomic E-state index is 0.0107. The molecule has 0 unspecified atom stereocenters. The van der Waals surface area contributed by atoms with Crippen molar-refractivity contribution in [1.82, 2.24) is 4.72 Å². The average molecular weight is 270 g/mol. The second-order valence-electron chi connectivity index (χ2n) is 4.34. The molecule has 0 atom stereocenters. The fourth-order valence-corrected chi connectivity index (χ4v) is 3.45. The van der Waals surface area contributed by atoms with Crippen molar-refractivity contribution in [3.8, 4) is 0 Å². The van der Waals surface area contributed by atoms with Crippen molar-refractivity contribution in [2.75, 3.05) is 6.54 Å². The topological polar surface area (TPSA) is 89.3 Å². The molecule has 100 valence electrons. The van der Waals surface area contributed by atoms with Crippen LogP contribution in [-0.2, 0) is 14.8 Å². The highest BCUT2D eigenvalue weighted by molar-refractivity contribution is 7.89. The van der Waals surface area contributed by atoms with Crippen LogP contribution < -0.4 is 10.5 Å². The van der Waals surface area contributed by atoms with Crippen molar-refractivity contribution in [1.29, 1.82) is 0 Å². The Labute approximate surface area is 107 Å². The molecule has 0 aromatic heterocycles. The van der Waals surface area contributed by atoms with Crippen LogP contribution in [0.2, 0.25) is 0 Å². The van der Waals surface area contributed by atoms with Gasteiger partial charge >= 0.3 is 0 Å². The number of sulfonamides is 1. The van der Waals surface area contributed by atoms with E-state index in [0.717, 1.165) is 5.56 Å². The second-order valence-corrected chi connectivity index (χ2v) is 6.05. The number of nitrogens with one attached hydrogen (secondary N) is 1. The number of hydrogen-bond donors (Lipinski definition) is 2. The zero-order valence-corrected chi connectivity index (χ0v) is 11.6. The van der Waals surface area contributed by atoms with E-state index in [1.54, 1.807) is 13.8 Å². The Kier molecular flexibility index (Phi) is 4.48. The number of benzene rings is 1. The molecule has 0 spiro atoms. The molecule has 0 fully saturated rings. The minimum atomic E-state index is -3.59. The highest BCUT2D eigenvalue weighted by Crippen LogP contribution is 2.21. The van der Waals surface area contributed by atoms with Gasteiger partial charge in [0.2, 0.25) is 15.9 Å². The van der Waals surface area contributed by atoms with Crippen molar-refractivity contribution in [2.24, 2.45) is 5.73 Å². The zero-order valence-electron chi connectivity index (χ0n) is 10.8. The quantitative estimate of drug-likeness (QED) is 0.828. The van der Waals surface area contributed by atoms with Gasteiger partial charge in [-0.05, 0) is 31.9 Å². The highest BCUT2D eigenvalue weighted by Gasteiger charge is 2.19. The molecule has 1 aromatic carbocycles. The van der Waals surface area contributed by atoms with Crippen LogP contribution in [-0.4, -0.2) is 20.9 Å². The van der Waals surface area contributed by atoms with E-state index in [9.17, 15) is 13.2 Å². The summed E-state index contributed by atoms with van der Waals surface area (Å²) in [4.78, 5) is 10.9. The predicted molar refractivity (Wildman–Crippen MR) is 69.7 cm³/mol. The maximum atomic E-state index is 12.1. The van der Waals surface area contributed by atoms with Gasteiger partial charge in [-0.1, -0.05) is 17.7 Å². The lowest BCUT2D eigenvalue weighted by atomic mass is 10.1. The molecule has 0 bridgehead atoms. The first kappa shape index (κ1) is 14.7. The van der Waals surface area contributed by atoms with Crippen molar-refractivity contribution in [2.45, 2.75) is 32.1 Å². The molecule has 0 aliphatic carbocycles. The number of carbonyl (C=O) groups is 1. The standard InChI is InChI=1S/C12H18N2O3S/c1-8-6-9(2)12(10(3)7-8)18(16,17)14-5-4-11(13)15/h6-7,14H,4-5H2,1-3H3,(H2,13,15). The van der Waals surface area contributed by atoms with Crippen molar-refractivity contribution >= 4 is 15.9 Å². The first-order valence-corrected chi connectivity index (χ1v) is 7.08. The molecule has 0 aliphatic rings. The van der Waals surface area contributed by atoms with Crippen LogP contribution in [0, 0.1) is 20.8 Å². The molecule has 0 aliphatic heterocycles. The Morgan fingerprint density at radius 3 is 2.17 bits per heavy atom. The van der Waals surface area contributed by atoms with Gasteiger partial charge in [-0.15, -0.1) is 0 Å². The van der Waals surface area contributed by atoms with Gasteiger partial charge in [-0.2, -0.15) is 0 Å². The molecule has 0 saturated carbocycles. The Morgan fingerprint density at radius 2 is 1.72 bits per heavy atom. The lowest BCUT2D eigenvalue weighted by Crippen LogP contribution is -2.29. The van der Waals surface area contributed by atoms with Gasteiger partial charge in [-0.25, -0.2) is 13.1 Å². The largest absolute Gasteiger partial charge is 0.370 e. The molecule has 1 rings (SSSR count). The molecule has 6 heteroatoms. The number of aryl methyl sites for hydroxylation is 3. The molecule has 18 heavy (non-hydrogen) atoms. The Hall–Kier alpha value is -1.40. The fraction of sp³-hybridized carbons (Fsp3) is 0.417. The predicted octanol–water partition coefficient (Wildman–Crippen LogP) is 0.766. The molecule has 5 nitrogen and oxygen atoms in total. The number of hydrogen-bond acceptors (Lipinski definition) is 3. The lowest BCUT2D eigenvalue weighted by Gasteiger charge is -2.12. The van der Waals surface area contributed by atoms with Gasteiger partial charge in [0.25, 0.3) is 0 Å². The molecule has 3 N–H and O–H groups in total. The summed E-state index contributed by atoms with van der Waals surface area (Å²) < 4.78 is 26.6. The normalized spacial score (nSPS) is 11.5. The molecule has 1 aromatic rings. The number of primary amides is 1. The Morgan fingerprint density at radius 1 is 1.22 bits per heavy atom. The monoisotopic (exact) mass is 270 g/mol. The number of nitrogens with two attached hydrogens (primary N) is 1. The van der Waals surface area contributed by atoms with Crippen LogP contribution >= 0.6 is 0 Å². The zero-order chi connectivity index (χ0) is 13.9. The van der Waals surface area contributed by atoms with E-state index in [4.69, 9.17) is 5.73 Å². The van der Waals surface area contributed by atoms with Crippen LogP contribution in [0.15, 0.2) is 17.0 Å². The summed E-state index contributed by atoms with van der Waals surface area (Å²) in [6, 6.07) is 3.63. The summed E-state index contributed by atoms with van der Waals surface area (Å²) in [6.07, 6.45) is -0.0107. The maximum absolute atomic E-state index is 12.1. The van der Waals surface area contributed by atoms with E-state index in [1.165, 1.54) is 0 Å². The second kappa shape index (κ2) is 5.49. The van der Waals surface area contributed by atoms with Gasteiger partial charge in [-0.3, -0.25) is 4.79 Å². The molecule has 0 saturated heterocycles. The summed E-state index contributed by atoms with van der Waals surface area (Å²) >= 11 is 0. The van der Waals surface area contributed by atoms with E-state index in [-0.39, 0.29) is 17.9 Å². The first-order valence-electron chi connectivity index (χ1n) is 5.60. The van der Waals surface area contributed by atoms with Crippen LogP contribution in [0.4, 0.5) is 0 Å². The van der Waals surface area contributed by atoms with E-state index in [2.05, 4.69) is 4.72 Å². The Bertz CT molecular complexity index is 542. The third-order valence-electron chi connectivity index (χ3n) is 2.54. The van der Waals surface area contributed by atoms with E-state index < -0.39 is 15.9 Å². The summed E-state index contributed by atoms with van der Waals surface area (Å²) in [5.74, 6) is -0.532. The lowest BCUT2D eigenvalue weighted by molar-refractivity contribution is -0.117. The SMILES string of the molecule is Cc1cc(C)c(S(=O)(=O)NCCC(N)=O)c(C)c1. The molecule has 0 heterocycles. The molecular formula is C12H18N2O3S. The average Bonchev–Trinajstić information content (AvgIpc) is 2.13. The number of rotatable bonds is 5. The van der Waals surface area contributed by atoms with Crippen molar-refractivity contribution in [3.05, 3.63) is 28.8 Å². The van der Waals surface area contributed by atoms with Crippen LogP contribution in [0.25, 0.3) is 0 Å². The smallest absolute Gasteiger partial charge is 0.241 e. The van der Waals surface area contributed by atoms with Gasteiger partial charge in [0.05, 0.1) is 4.90 Å². The molecule has 1 amide bonds. The molecular weight excluding hydrogens is 252 g/mol. The fourth-order valence-electron chi connectivity index (χ4n) is 1.97. The van der Waals surface area contributed by atoms with Gasteiger partial charge in [0.15, 0.2) is 0 Å². The third kappa shape index (κ3) is 3.54. The summed E-state index contributed by atoms with van der Waals surface area (Å²) in [7, 11) is -3.59. The summed E-state index contributed by atoms with van der Waals surface area (Å²) in [5, 5.41) is 0. The summed E-state index contributed by atoms with van der Waals surface area (Å²) in [6.45, 7) is 5.44. The number of carbonyl (C=O) groups excluding carboxylic acids is 1. The van der Waals surface area contributed by atoms with Crippen molar-refractivity contribution in [3.63, 3.8) is 0 Å². The van der Waals surface area contributed by atoms with Gasteiger partial charge < -0.3 is 5.73 Å². The summed E-state index contributed by atoms with van der Waals surface area (Å²) in [5.41, 5.74) is 7.37. The van der Waals surface area contributed by atoms with E-state index in [1.807, 2.05) is 19.1 Å². The highest BCUT2D eigenvalue weighted by atomic mass is 32.2. The molecule has 0 radical (unpaired) electrons. The van der Waals surface area contributed by atoms with E-state index in [0.29, 0.717) is 11.1 Å². The van der Waals surface area contributed by atoms with Crippen molar-refractivity contribution < 1.29 is 13.2 Å². The van der Waals surface area contributed by atoms with Crippen LogP contribution in [0.1, 0.15) is 23.1 Å². The van der Waals surface area contributed by atoms with E-state index >= 15 is 0 Å². The van der Waals surface area contributed by atoms with Gasteiger partial charge in [0, 0.05) is 13.0 Å². The first-order chi connectivity index (χ1) is 8.24. The van der Waals surface area contributed by atoms with Crippen LogP contribution in [0.5, 0.6) is 0 Å². The van der Waals surface area contributed by atoms with Crippen LogP contribution in [0.3, 0.4) is 0 Å². The maximum Gasteiger partial charge on any atom is 0.241 e. The number of amides is 1. The Balaban J connectivity index is 3.02. The third-order valence-corrected chi connectivity index (χ3v) is 4.30.